The van der Waals surface area contributed by atoms with Crippen LogP contribution in [0.4, 0.5) is 0 Å². The largest absolute Gasteiger partial charge is 0.392 e. The molecule has 0 atom stereocenters. The Morgan fingerprint density at radius 1 is 0.786 bits per heavy atom. The standard InChI is InChI=1S/C10H10O2S2/c11-1-7-3-13-5-9(7)10-6-14-4-8(10)2-12/h3-6,11-12H,1-2H2. The van der Waals surface area contributed by atoms with Crippen LogP contribution in [-0.2, 0) is 13.2 Å². The molecule has 0 aromatic carbocycles. The zero-order valence-corrected chi connectivity index (χ0v) is 9.07. The molecule has 0 bridgehead atoms. The smallest absolute Gasteiger partial charge is 0.0696 e. The van der Waals surface area contributed by atoms with Crippen LogP contribution >= 0.6 is 22.7 Å². The first kappa shape index (κ1) is 9.86. The van der Waals surface area contributed by atoms with Crippen molar-refractivity contribution in [3.8, 4) is 11.1 Å². The first-order valence-electron chi connectivity index (χ1n) is 4.19. The van der Waals surface area contributed by atoms with Gasteiger partial charge in [0.15, 0.2) is 0 Å². The maximum atomic E-state index is 9.12. The number of rotatable bonds is 3. The Balaban J connectivity index is 2.48. The summed E-state index contributed by atoms with van der Waals surface area (Å²) in [7, 11) is 0. The third-order valence-electron chi connectivity index (χ3n) is 2.12. The lowest BCUT2D eigenvalue weighted by atomic mass is 10.0. The molecule has 0 unspecified atom stereocenters. The van der Waals surface area contributed by atoms with E-state index in [1.807, 2.05) is 21.5 Å². The van der Waals surface area contributed by atoms with Gasteiger partial charge in [-0.15, -0.1) is 0 Å². The van der Waals surface area contributed by atoms with Gasteiger partial charge < -0.3 is 10.2 Å². The first-order valence-corrected chi connectivity index (χ1v) is 6.07. The molecular weight excluding hydrogens is 216 g/mol. The molecule has 0 saturated carbocycles. The van der Waals surface area contributed by atoms with E-state index in [2.05, 4.69) is 0 Å². The minimum Gasteiger partial charge on any atom is -0.392 e. The highest BCUT2D eigenvalue weighted by Gasteiger charge is 2.10. The fourth-order valence-electron chi connectivity index (χ4n) is 1.36. The van der Waals surface area contributed by atoms with Crippen LogP contribution in [0.25, 0.3) is 11.1 Å². The maximum absolute atomic E-state index is 9.12. The highest BCUT2D eigenvalue weighted by molar-refractivity contribution is 7.09. The van der Waals surface area contributed by atoms with Crippen molar-refractivity contribution in [2.45, 2.75) is 13.2 Å². The average molecular weight is 226 g/mol. The van der Waals surface area contributed by atoms with Crippen LogP contribution in [0.15, 0.2) is 21.5 Å². The second kappa shape index (κ2) is 4.23. The zero-order valence-electron chi connectivity index (χ0n) is 7.43. The summed E-state index contributed by atoms with van der Waals surface area (Å²) in [5.74, 6) is 0. The van der Waals surface area contributed by atoms with Gasteiger partial charge in [-0.25, -0.2) is 0 Å². The summed E-state index contributed by atoms with van der Waals surface area (Å²) in [4.78, 5) is 0. The van der Waals surface area contributed by atoms with Crippen molar-refractivity contribution in [3.63, 3.8) is 0 Å². The molecule has 0 saturated heterocycles. The van der Waals surface area contributed by atoms with Gasteiger partial charge in [-0.2, -0.15) is 22.7 Å². The second-order valence-electron chi connectivity index (χ2n) is 2.94. The van der Waals surface area contributed by atoms with E-state index in [0.29, 0.717) is 0 Å². The van der Waals surface area contributed by atoms with Crippen molar-refractivity contribution in [2.75, 3.05) is 0 Å². The zero-order chi connectivity index (χ0) is 9.97. The van der Waals surface area contributed by atoms with Crippen molar-refractivity contribution in [3.05, 3.63) is 32.6 Å². The molecule has 74 valence electrons. The Hall–Kier alpha value is -0.680. The minimum atomic E-state index is 0.0551. The van der Waals surface area contributed by atoms with Gasteiger partial charge in [-0.3, -0.25) is 0 Å². The third kappa shape index (κ3) is 1.62. The molecule has 0 aliphatic carbocycles. The van der Waals surface area contributed by atoms with E-state index in [0.717, 1.165) is 22.3 Å². The van der Waals surface area contributed by atoms with E-state index in [1.54, 1.807) is 22.7 Å². The molecule has 2 aromatic rings. The predicted octanol–water partition coefficient (Wildman–Crippen LogP) is 2.46. The summed E-state index contributed by atoms with van der Waals surface area (Å²) >= 11 is 3.14. The molecular formula is C10H10O2S2. The topological polar surface area (TPSA) is 40.5 Å². The Morgan fingerprint density at radius 2 is 1.21 bits per heavy atom. The van der Waals surface area contributed by atoms with Crippen LogP contribution in [0.5, 0.6) is 0 Å². The molecule has 2 N–H and O–H groups in total. The average Bonchev–Trinajstić information content (AvgIpc) is 2.85. The van der Waals surface area contributed by atoms with E-state index < -0.39 is 0 Å². The summed E-state index contributed by atoms with van der Waals surface area (Å²) in [6.45, 7) is 0.110. The summed E-state index contributed by atoms with van der Waals surface area (Å²) in [6, 6.07) is 0. The maximum Gasteiger partial charge on any atom is 0.0696 e. The lowest BCUT2D eigenvalue weighted by Gasteiger charge is -2.01. The SMILES string of the molecule is OCc1cscc1-c1cscc1CO. The molecule has 2 heterocycles. The van der Waals surface area contributed by atoms with Gasteiger partial charge in [0, 0.05) is 0 Å². The molecule has 0 aliphatic heterocycles. The summed E-state index contributed by atoms with van der Waals surface area (Å²) in [5.41, 5.74) is 3.96. The van der Waals surface area contributed by atoms with Crippen molar-refractivity contribution in [2.24, 2.45) is 0 Å². The van der Waals surface area contributed by atoms with Gasteiger partial charge in [0.2, 0.25) is 0 Å². The fourth-order valence-corrected chi connectivity index (χ4v) is 3.06. The molecule has 0 radical (unpaired) electrons. The molecule has 2 rings (SSSR count). The lowest BCUT2D eigenvalue weighted by molar-refractivity contribution is 0.281. The minimum absolute atomic E-state index is 0.0551. The van der Waals surface area contributed by atoms with Crippen LogP contribution in [0.1, 0.15) is 11.1 Å². The van der Waals surface area contributed by atoms with Crippen molar-refractivity contribution >= 4 is 22.7 Å². The van der Waals surface area contributed by atoms with E-state index >= 15 is 0 Å². The number of aliphatic hydroxyl groups excluding tert-OH is 2. The summed E-state index contributed by atoms with van der Waals surface area (Å²) in [5, 5.41) is 26.1. The molecule has 14 heavy (non-hydrogen) atoms. The molecule has 0 aliphatic rings. The Morgan fingerprint density at radius 3 is 1.57 bits per heavy atom. The highest BCUT2D eigenvalue weighted by Crippen LogP contribution is 2.32. The lowest BCUT2D eigenvalue weighted by Crippen LogP contribution is -1.86. The molecule has 2 nitrogen and oxygen atoms in total. The van der Waals surface area contributed by atoms with Crippen LogP contribution in [0, 0.1) is 0 Å². The van der Waals surface area contributed by atoms with Crippen molar-refractivity contribution in [1.82, 2.24) is 0 Å². The number of thiophene rings is 2. The van der Waals surface area contributed by atoms with Crippen molar-refractivity contribution < 1.29 is 10.2 Å². The van der Waals surface area contributed by atoms with Crippen LogP contribution in [0.2, 0.25) is 0 Å². The van der Waals surface area contributed by atoms with Gasteiger partial charge in [0.25, 0.3) is 0 Å². The van der Waals surface area contributed by atoms with E-state index in [9.17, 15) is 0 Å². The van der Waals surface area contributed by atoms with E-state index in [-0.39, 0.29) is 13.2 Å². The predicted molar refractivity (Wildman–Crippen MR) is 59.5 cm³/mol. The van der Waals surface area contributed by atoms with Crippen LogP contribution < -0.4 is 0 Å². The quantitative estimate of drug-likeness (QED) is 0.844. The fraction of sp³-hybridized carbons (Fsp3) is 0.200. The monoisotopic (exact) mass is 226 g/mol. The summed E-state index contributed by atoms with van der Waals surface area (Å²) < 4.78 is 0. The van der Waals surface area contributed by atoms with E-state index in [4.69, 9.17) is 10.2 Å². The highest BCUT2D eigenvalue weighted by atomic mass is 32.1. The number of aliphatic hydroxyl groups is 2. The van der Waals surface area contributed by atoms with Gasteiger partial charge in [0.1, 0.15) is 0 Å². The molecule has 0 fully saturated rings. The third-order valence-corrected chi connectivity index (χ3v) is 3.70. The normalized spacial score (nSPS) is 10.7. The van der Waals surface area contributed by atoms with E-state index in [1.165, 1.54) is 0 Å². The van der Waals surface area contributed by atoms with Gasteiger partial charge in [0.05, 0.1) is 13.2 Å². The Bertz CT molecular complexity index is 377. The molecule has 4 heteroatoms. The molecule has 0 spiro atoms. The summed E-state index contributed by atoms with van der Waals surface area (Å²) in [6.07, 6.45) is 0. The molecule has 2 aromatic heterocycles. The molecule has 0 amide bonds. The van der Waals surface area contributed by atoms with Gasteiger partial charge >= 0.3 is 0 Å². The second-order valence-corrected chi connectivity index (χ2v) is 4.42. The van der Waals surface area contributed by atoms with Crippen LogP contribution in [0.3, 0.4) is 0 Å². The Kier molecular flexibility index (Phi) is 2.98. The number of hydrogen-bond donors (Lipinski definition) is 2. The number of hydrogen-bond acceptors (Lipinski definition) is 4. The Labute approximate surface area is 90.1 Å². The van der Waals surface area contributed by atoms with Crippen molar-refractivity contribution in [1.29, 1.82) is 0 Å². The van der Waals surface area contributed by atoms with Gasteiger partial charge in [-0.1, -0.05) is 0 Å². The van der Waals surface area contributed by atoms with Crippen LogP contribution in [-0.4, -0.2) is 10.2 Å². The first-order chi connectivity index (χ1) is 6.86. The van der Waals surface area contributed by atoms with Gasteiger partial charge in [-0.05, 0) is 43.8 Å².